The number of carbonyl (C=O) groups is 3. The Bertz CT molecular complexity index is 1460. The maximum atomic E-state index is 12.8. The van der Waals surface area contributed by atoms with E-state index in [1.54, 1.807) is 0 Å². The molecule has 1 unspecified atom stereocenters. The van der Waals surface area contributed by atoms with Gasteiger partial charge in [0.2, 0.25) is 0 Å². The lowest BCUT2D eigenvalue weighted by Crippen LogP contribution is -2.30. The van der Waals surface area contributed by atoms with Crippen LogP contribution >= 0.6 is 0 Å². The molecule has 0 saturated carbocycles. The first kappa shape index (κ1) is 70.3. The Morgan fingerprint density at radius 3 is 0.932 bits per heavy atom. The van der Waals surface area contributed by atoms with Crippen LogP contribution in [0.25, 0.3) is 0 Å². The summed E-state index contributed by atoms with van der Waals surface area (Å²) >= 11 is 0. The lowest BCUT2D eigenvalue weighted by atomic mass is 10.0. The van der Waals surface area contributed by atoms with Crippen LogP contribution in [-0.2, 0) is 28.6 Å². The van der Waals surface area contributed by atoms with Crippen molar-refractivity contribution in [3.05, 3.63) is 97.2 Å². The van der Waals surface area contributed by atoms with Gasteiger partial charge >= 0.3 is 17.9 Å². The predicted molar refractivity (Wildman–Crippen MR) is 320 cm³/mol. The summed E-state index contributed by atoms with van der Waals surface area (Å²) in [4.78, 5) is 38.1. The van der Waals surface area contributed by atoms with E-state index in [0.717, 1.165) is 103 Å². The Balaban J connectivity index is 4.22. The zero-order valence-electron chi connectivity index (χ0n) is 48.6. The van der Waals surface area contributed by atoms with E-state index in [1.165, 1.54) is 148 Å². The van der Waals surface area contributed by atoms with Crippen molar-refractivity contribution in [1.82, 2.24) is 0 Å². The third kappa shape index (κ3) is 59.2. The Morgan fingerprint density at radius 2 is 0.568 bits per heavy atom. The molecule has 0 rings (SSSR count). The number of unbranched alkanes of at least 4 members (excludes halogenated alkanes) is 29. The van der Waals surface area contributed by atoms with Crippen LogP contribution in [0.3, 0.4) is 0 Å². The third-order valence-corrected chi connectivity index (χ3v) is 13.3. The van der Waals surface area contributed by atoms with E-state index in [0.29, 0.717) is 19.3 Å². The number of hydrogen-bond donors (Lipinski definition) is 0. The molecule has 0 fully saturated rings. The van der Waals surface area contributed by atoms with Gasteiger partial charge in [0.1, 0.15) is 13.2 Å². The van der Waals surface area contributed by atoms with Gasteiger partial charge in [-0.05, 0) is 109 Å². The van der Waals surface area contributed by atoms with Crippen molar-refractivity contribution < 1.29 is 28.6 Å². The summed E-state index contributed by atoms with van der Waals surface area (Å²) in [6.45, 7) is 6.41. The molecular weight excluding hydrogens is 913 g/mol. The molecule has 0 bridgehead atoms. The zero-order chi connectivity index (χ0) is 53.6. The minimum absolute atomic E-state index is 0.102. The second kappa shape index (κ2) is 61.9. The van der Waals surface area contributed by atoms with E-state index in [2.05, 4.69) is 118 Å². The first-order valence-electron chi connectivity index (χ1n) is 31.2. The topological polar surface area (TPSA) is 78.9 Å². The summed E-state index contributed by atoms with van der Waals surface area (Å²) in [5.41, 5.74) is 0. The standard InChI is InChI=1S/C68H116O6/c1-4-7-10-13-16-19-22-24-26-28-29-30-31-32-33-34-35-36-37-38-39-41-42-44-46-49-52-55-58-61-67(70)73-64-65(63-72-66(69)60-57-54-51-48-21-18-15-12-9-6-3)74-68(71)62-59-56-53-50-47-45-43-40-27-25-23-20-17-14-11-8-5-2/h8,11-12,15,17,20,22,24-25,27-29,43,45,50,53,65H,4-7,9-10,13-14,16,18-19,21,23,26,30-42,44,46-49,51-52,54-64H2,1-3H3/b11-8-,15-12-,20-17-,24-22-,27-25-,29-28-,45-43-,53-50-. The fourth-order valence-corrected chi connectivity index (χ4v) is 8.63. The van der Waals surface area contributed by atoms with Gasteiger partial charge in [0.05, 0.1) is 0 Å². The lowest BCUT2D eigenvalue weighted by Gasteiger charge is -2.18. The highest BCUT2D eigenvalue weighted by molar-refractivity contribution is 5.71. The van der Waals surface area contributed by atoms with E-state index in [4.69, 9.17) is 14.2 Å². The predicted octanol–water partition coefficient (Wildman–Crippen LogP) is 21.3. The lowest BCUT2D eigenvalue weighted by molar-refractivity contribution is -0.167. The molecule has 74 heavy (non-hydrogen) atoms. The van der Waals surface area contributed by atoms with Crippen molar-refractivity contribution in [2.24, 2.45) is 0 Å². The average molecular weight is 1030 g/mol. The molecular formula is C68H116O6. The minimum atomic E-state index is -0.810. The summed E-state index contributed by atoms with van der Waals surface area (Å²) in [7, 11) is 0. The van der Waals surface area contributed by atoms with E-state index in [-0.39, 0.29) is 37.5 Å². The van der Waals surface area contributed by atoms with Crippen molar-refractivity contribution in [2.75, 3.05) is 13.2 Å². The fraction of sp³-hybridized carbons (Fsp3) is 0.721. The maximum Gasteiger partial charge on any atom is 0.306 e. The normalized spacial score (nSPS) is 12.7. The zero-order valence-corrected chi connectivity index (χ0v) is 48.6. The van der Waals surface area contributed by atoms with E-state index in [9.17, 15) is 14.4 Å². The third-order valence-electron chi connectivity index (χ3n) is 13.3. The molecule has 0 heterocycles. The van der Waals surface area contributed by atoms with Crippen LogP contribution in [0.1, 0.15) is 297 Å². The second-order valence-electron chi connectivity index (χ2n) is 20.6. The van der Waals surface area contributed by atoms with Crippen molar-refractivity contribution in [2.45, 2.75) is 303 Å². The van der Waals surface area contributed by atoms with Crippen molar-refractivity contribution in [3.63, 3.8) is 0 Å². The molecule has 1 atom stereocenters. The maximum absolute atomic E-state index is 12.8. The Kier molecular flexibility index (Phi) is 58.8. The summed E-state index contributed by atoms with van der Waals surface area (Å²) in [5.74, 6) is -0.966. The van der Waals surface area contributed by atoms with Gasteiger partial charge in [0, 0.05) is 19.3 Å². The molecule has 0 aliphatic carbocycles. The van der Waals surface area contributed by atoms with Crippen LogP contribution in [0.15, 0.2) is 97.2 Å². The Labute approximate surface area is 457 Å². The van der Waals surface area contributed by atoms with Crippen LogP contribution in [0.4, 0.5) is 0 Å². The molecule has 0 spiro atoms. The Hall–Kier alpha value is -3.67. The van der Waals surface area contributed by atoms with Gasteiger partial charge in [-0.15, -0.1) is 0 Å². The van der Waals surface area contributed by atoms with E-state index in [1.807, 2.05) is 0 Å². The highest BCUT2D eigenvalue weighted by Gasteiger charge is 2.19. The summed E-state index contributed by atoms with van der Waals surface area (Å²) in [6, 6.07) is 0. The van der Waals surface area contributed by atoms with Gasteiger partial charge in [-0.1, -0.05) is 266 Å². The van der Waals surface area contributed by atoms with Crippen molar-refractivity contribution >= 4 is 17.9 Å². The molecule has 0 aliphatic rings. The van der Waals surface area contributed by atoms with Gasteiger partial charge in [-0.25, -0.2) is 0 Å². The van der Waals surface area contributed by atoms with Gasteiger partial charge in [-0.3, -0.25) is 14.4 Å². The number of ether oxygens (including phenoxy) is 3. The molecule has 0 amide bonds. The van der Waals surface area contributed by atoms with Crippen molar-refractivity contribution in [3.8, 4) is 0 Å². The Morgan fingerprint density at radius 1 is 0.284 bits per heavy atom. The number of hydrogen-bond acceptors (Lipinski definition) is 6. The van der Waals surface area contributed by atoms with Crippen LogP contribution < -0.4 is 0 Å². The molecule has 0 aromatic carbocycles. The molecule has 0 aromatic rings. The van der Waals surface area contributed by atoms with Crippen LogP contribution in [0.2, 0.25) is 0 Å². The quantitative estimate of drug-likeness (QED) is 0.0261. The van der Waals surface area contributed by atoms with Crippen LogP contribution in [0, 0.1) is 0 Å². The first-order chi connectivity index (χ1) is 36.5. The van der Waals surface area contributed by atoms with Gasteiger partial charge in [0.25, 0.3) is 0 Å². The highest BCUT2D eigenvalue weighted by atomic mass is 16.6. The van der Waals surface area contributed by atoms with Crippen LogP contribution in [0.5, 0.6) is 0 Å². The molecule has 0 saturated heterocycles. The number of rotatable bonds is 56. The average Bonchev–Trinajstić information content (AvgIpc) is 3.40. The minimum Gasteiger partial charge on any atom is -0.462 e. The first-order valence-corrected chi connectivity index (χ1v) is 31.2. The molecule has 0 N–H and O–H groups in total. The molecule has 6 nitrogen and oxygen atoms in total. The number of esters is 3. The van der Waals surface area contributed by atoms with Gasteiger partial charge < -0.3 is 14.2 Å². The molecule has 0 radical (unpaired) electrons. The number of allylic oxidation sites excluding steroid dienone is 16. The molecule has 424 valence electrons. The summed E-state index contributed by atoms with van der Waals surface area (Å²) < 4.78 is 16.8. The molecule has 0 aliphatic heterocycles. The van der Waals surface area contributed by atoms with Crippen LogP contribution in [-0.4, -0.2) is 37.2 Å². The van der Waals surface area contributed by atoms with Crippen molar-refractivity contribution in [1.29, 1.82) is 0 Å². The SMILES string of the molecule is CC/C=C\C/C=C\C/C=C\C/C=C\C/C=C\CCCC(=O)OC(COC(=O)CCCCCCC/C=C\CCC)COC(=O)CCCCCCCCCCCCCCCCCCC/C=C\C/C=C\CCCCCCC. The monoisotopic (exact) mass is 1030 g/mol. The summed E-state index contributed by atoms with van der Waals surface area (Å²) in [6.07, 6.45) is 83.0. The second-order valence-corrected chi connectivity index (χ2v) is 20.6. The van der Waals surface area contributed by atoms with Gasteiger partial charge in [0.15, 0.2) is 6.10 Å². The van der Waals surface area contributed by atoms with Gasteiger partial charge in [-0.2, -0.15) is 0 Å². The summed E-state index contributed by atoms with van der Waals surface area (Å²) in [5, 5.41) is 0. The highest BCUT2D eigenvalue weighted by Crippen LogP contribution is 2.16. The number of carbonyl (C=O) groups excluding carboxylic acids is 3. The largest absolute Gasteiger partial charge is 0.462 e. The van der Waals surface area contributed by atoms with E-state index < -0.39 is 6.10 Å². The molecule has 0 aromatic heterocycles. The fourth-order valence-electron chi connectivity index (χ4n) is 8.63. The molecule has 6 heteroatoms. The smallest absolute Gasteiger partial charge is 0.306 e. The van der Waals surface area contributed by atoms with E-state index >= 15 is 0 Å².